The van der Waals surface area contributed by atoms with E-state index in [1.807, 2.05) is 51.9 Å². The average molecular weight is 503 g/mol. The summed E-state index contributed by atoms with van der Waals surface area (Å²) in [5, 5.41) is 0.732. The van der Waals surface area contributed by atoms with Crippen molar-refractivity contribution < 1.29 is 4.79 Å². The summed E-state index contributed by atoms with van der Waals surface area (Å²) >= 11 is 6.23. The van der Waals surface area contributed by atoms with E-state index in [1.165, 1.54) is 5.56 Å². The molecule has 34 heavy (non-hydrogen) atoms. The van der Waals surface area contributed by atoms with Crippen molar-refractivity contribution in [2.75, 3.05) is 19.6 Å². The molecule has 0 atom stereocenters. The highest BCUT2D eigenvalue weighted by Crippen LogP contribution is 2.42. The molecule has 1 saturated carbocycles. The number of likely N-dealkylation sites (tertiary alicyclic amines) is 1. The maximum atomic E-state index is 13.3. The highest BCUT2D eigenvalue weighted by Gasteiger charge is 2.39. The first-order chi connectivity index (χ1) is 16.0. The number of H-pyrrole nitrogens is 1. The van der Waals surface area contributed by atoms with E-state index in [9.17, 15) is 9.59 Å². The Balaban J connectivity index is 0.00000274. The zero-order chi connectivity index (χ0) is 23.0. The van der Waals surface area contributed by atoms with Crippen molar-refractivity contribution in [2.45, 2.75) is 50.0 Å². The van der Waals surface area contributed by atoms with Crippen LogP contribution in [0.5, 0.6) is 0 Å². The van der Waals surface area contributed by atoms with Gasteiger partial charge < -0.3 is 15.6 Å². The van der Waals surface area contributed by atoms with Crippen LogP contribution in [0.2, 0.25) is 5.02 Å². The molecule has 8 heteroatoms. The molecule has 1 aliphatic carbocycles. The predicted octanol–water partition coefficient (Wildman–Crippen LogP) is 4.66. The van der Waals surface area contributed by atoms with Gasteiger partial charge in [0, 0.05) is 42.0 Å². The molecule has 3 aromatic rings. The van der Waals surface area contributed by atoms with Gasteiger partial charge in [0.1, 0.15) is 0 Å². The van der Waals surface area contributed by atoms with E-state index in [0.29, 0.717) is 19.6 Å². The van der Waals surface area contributed by atoms with Crippen molar-refractivity contribution in [3.63, 3.8) is 0 Å². The van der Waals surface area contributed by atoms with Crippen LogP contribution in [-0.4, -0.2) is 40.0 Å². The van der Waals surface area contributed by atoms with Crippen molar-refractivity contribution in [1.82, 2.24) is 14.5 Å². The summed E-state index contributed by atoms with van der Waals surface area (Å²) in [7, 11) is 0. The fourth-order valence-electron chi connectivity index (χ4n) is 5.89. The molecule has 1 aromatic heterocycles. The summed E-state index contributed by atoms with van der Waals surface area (Å²) in [5.74, 6) is 0.313. The molecular weight excluding hydrogens is 471 g/mol. The third-order valence-corrected chi connectivity index (χ3v) is 8.12. The lowest BCUT2D eigenvalue weighted by atomic mass is 9.66. The van der Waals surface area contributed by atoms with Gasteiger partial charge in [-0.15, -0.1) is 12.4 Å². The Hall–Kier alpha value is -2.28. The van der Waals surface area contributed by atoms with Gasteiger partial charge in [0.15, 0.2) is 0 Å². The smallest absolute Gasteiger partial charge is 0.326 e. The van der Waals surface area contributed by atoms with Gasteiger partial charge in [-0.1, -0.05) is 35.9 Å². The molecule has 2 heterocycles. The number of nitrogens with two attached hydrogens (primary N) is 1. The van der Waals surface area contributed by atoms with Crippen molar-refractivity contribution in [3.8, 4) is 0 Å². The Labute approximate surface area is 210 Å². The fraction of sp³-hybridized carbons (Fsp3) is 0.462. The number of hydrogen-bond donors (Lipinski definition) is 2. The minimum Gasteiger partial charge on any atom is -0.342 e. The van der Waals surface area contributed by atoms with Crippen LogP contribution < -0.4 is 11.4 Å². The average Bonchev–Trinajstić information content (AvgIpc) is 3.19. The highest BCUT2D eigenvalue weighted by atomic mass is 35.5. The predicted molar refractivity (Wildman–Crippen MR) is 139 cm³/mol. The number of carbonyl (C=O) groups excluding carboxylic acids is 1. The van der Waals surface area contributed by atoms with Crippen LogP contribution in [0, 0.1) is 5.92 Å². The van der Waals surface area contributed by atoms with E-state index < -0.39 is 0 Å². The van der Waals surface area contributed by atoms with Crippen LogP contribution in [0.4, 0.5) is 0 Å². The Morgan fingerprint density at radius 3 is 2.44 bits per heavy atom. The molecule has 182 valence electrons. The number of carbonyl (C=O) groups is 1. The number of nitrogens with zero attached hydrogens (tertiary/aromatic N) is 2. The minimum absolute atomic E-state index is 0. The van der Waals surface area contributed by atoms with E-state index >= 15 is 0 Å². The molecule has 1 amide bonds. The first-order valence-corrected chi connectivity index (χ1v) is 12.3. The number of halogens is 2. The molecule has 0 bridgehead atoms. The van der Waals surface area contributed by atoms with Crippen molar-refractivity contribution in [1.29, 1.82) is 0 Å². The number of imidazole rings is 1. The number of hydrogen-bond acceptors (Lipinski definition) is 3. The quantitative estimate of drug-likeness (QED) is 0.544. The number of benzene rings is 2. The van der Waals surface area contributed by atoms with Crippen LogP contribution in [0.15, 0.2) is 53.3 Å². The molecular formula is C26H32Cl2N4O2. The van der Waals surface area contributed by atoms with Crippen LogP contribution in [0.25, 0.3) is 11.0 Å². The van der Waals surface area contributed by atoms with Crippen molar-refractivity contribution >= 4 is 40.9 Å². The molecule has 0 unspecified atom stereocenters. The Morgan fingerprint density at radius 1 is 1.06 bits per heavy atom. The Kier molecular flexibility index (Phi) is 7.41. The van der Waals surface area contributed by atoms with Crippen LogP contribution in [0.1, 0.15) is 50.1 Å². The van der Waals surface area contributed by atoms with Crippen molar-refractivity contribution in [3.05, 3.63) is 69.6 Å². The molecule has 2 aromatic carbocycles. The third-order valence-electron chi connectivity index (χ3n) is 7.88. The van der Waals surface area contributed by atoms with Gasteiger partial charge in [0.05, 0.1) is 11.0 Å². The van der Waals surface area contributed by atoms with Gasteiger partial charge in [-0.3, -0.25) is 9.36 Å². The first kappa shape index (κ1) is 24.8. The maximum absolute atomic E-state index is 13.3. The second-order valence-electron chi connectivity index (χ2n) is 9.64. The van der Waals surface area contributed by atoms with Crippen molar-refractivity contribution in [2.24, 2.45) is 11.7 Å². The second-order valence-corrected chi connectivity index (χ2v) is 10.1. The number of aromatic amines is 1. The summed E-state index contributed by atoms with van der Waals surface area (Å²) in [4.78, 5) is 30.8. The topological polar surface area (TPSA) is 84.1 Å². The van der Waals surface area contributed by atoms with Gasteiger partial charge in [-0.25, -0.2) is 4.79 Å². The molecule has 0 spiro atoms. The van der Waals surface area contributed by atoms with E-state index in [1.54, 1.807) is 0 Å². The molecule has 2 aliphatic rings. The summed E-state index contributed by atoms with van der Waals surface area (Å²) in [6.45, 7) is 1.96. The van der Waals surface area contributed by atoms with Crippen LogP contribution >= 0.6 is 24.0 Å². The number of aromatic nitrogens is 2. The molecule has 1 aliphatic heterocycles. The molecule has 6 nitrogen and oxygen atoms in total. The lowest BCUT2D eigenvalue weighted by Crippen LogP contribution is -2.46. The highest BCUT2D eigenvalue weighted by molar-refractivity contribution is 6.30. The molecule has 2 fully saturated rings. The molecule has 3 N–H and O–H groups in total. The summed E-state index contributed by atoms with van der Waals surface area (Å²) in [5.41, 5.74) is 9.07. The standard InChI is InChI=1S/C26H31ClN4O2.ClH/c27-20-5-3-4-19(16-20)26(17-28)12-8-18(9-13-26)24(32)30-14-10-21(11-15-30)31-23-7-2-1-6-22(23)29-25(31)33;/h1-7,16,18,21H,8-15,17,28H2,(H,29,33);1H/t18-,26+;. The monoisotopic (exact) mass is 502 g/mol. The molecule has 5 rings (SSSR count). The second kappa shape index (κ2) is 10.1. The van der Waals surface area contributed by atoms with E-state index in [-0.39, 0.29) is 41.4 Å². The number of amides is 1. The van der Waals surface area contributed by atoms with E-state index in [4.69, 9.17) is 17.3 Å². The Morgan fingerprint density at radius 2 is 1.76 bits per heavy atom. The largest absolute Gasteiger partial charge is 0.342 e. The van der Waals surface area contributed by atoms with Gasteiger partial charge in [0.2, 0.25) is 5.91 Å². The maximum Gasteiger partial charge on any atom is 0.326 e. The van der Waals surface area contributed by atoms with Gasteiger partial charge in [-0.05, 0) is 68.4 Å². The first-order valence-electron chi connectivity index (χ1n) is 11.9. The van der Waals surface area contributed by atoms with Gasteiger partial charge in [0.25, 0.3) is 0 Å². The van der Waals surface area contributed by atoms with Gasteiger partial charge in [-0.2, -0.15) is 0 Å². The zero-order valence-electron chi connectivity index (χ0n) is 19.2. The summed E-state index contributed by atoms with van der Waals surface area (Å²) < 4.78 is 1.87. The van der Waals surface area contributed by atoms with E-state index in [0.717, 1.165) is 54.6 Å². The van der Waals surface area contributed by atoms with Crippen LogP contribution in [-0.2, 0) is 10.2 Å². The zero-order valence-corrected chi connectivity index (χ0v) is 20.8. The Bertz CT molecular complexity index is 1200. The number of para-hydroxylation sites is 2. The molecule has 0 radical (unpaired) electrons. The van der Waals surface area contributed by atoms with Crippen LogP contribution in [0.3, 0.4) is 0 Å². The number of nitrogens with one attached hydrogen (secondary N) is 1. The lowest BCUT2D eigenvalue weighted by molar-refractivity contribution is -0.138. The fourth-order valence-corrected chi connectivity index (χ4v) is 6.08. The third kappa shape index (κ3) is 4.51. The number of piperidine rings is 1. The molecule has 1 saturated heterocycles. The van der Waals surface area contributed by atoms with E-state index in [2.05, 4.69) is 11.1 Å². The summed E-state index contributed by atoms with van der Waals surface area (Å²) in [6.07, 6.45) is 5.11. The SMILES string of the molecule is Cl.NC[C@]1(c2cccc(Cl)c2)CC[C@@H](C(=O)N2CCC(n3c(=O)[nH]c4ccccc43)CC2)CC1. The lowest BCUT2D eigenvalue weighted by Gasteiger charge is -2.41. The number of rotatable bonds is 4. The van der Waals surface area contributed by atoms with Gasteiger partial charge >= 0.3 is 5.69 Å². The summed E-state index contributed by atoms with van der Waals surface area (Å²) in [6, 6.07) is 15.9. The minimum atomic E-state index is -0.0921. The number of fused-ring (bicyclic) bond motifs is 1. The normalized spacial score (nSPS) is 23.6.